The molecule has 1 aliphatic heterocycles. The lowest BCUT2D eigenvalue weighted by Gasteiger charge is -2.29. The van der Waals surface area contributed by atoms with Gasteiger partial charge in [-0.25, -0.2) is 0 Å². The van der Waals surface area contributed by atoms with Gasteiger partial charge in [-0.1, -0.05) is 29.3 Å². The van der Waals surface area contributed by atoms with E-state index in [0.717, 1.165) is 23.3 Å². The van der Waals surface area contributed by atoms with E-state index < -0.39 is 30.2 Å². The number of hydrogen-bond donors (Lipinski definition) is 2. The van der Waals surface area contributed by atoms with Crippen LogP contribution >= 0.6 is 23.2 Å². The molecule has 5 nitrogen and oxygen atoms in total. The summed E-state index contributed by atoms with van der Waals surface area (Å²) in [5.41, 5.74) is 0.999. The van der Waals surface area contributed by atoms with Crippen molar-refractivity contribution in [2.45, 2.75) is 56.7 Å². The second-order valence-electron chi connectivity index (χ2n) is 7.97. The number of rotatable bonds is 6. The van der Waals surface area contributed by atoms with E-state index in [-0.39, 0.29) is 31.1 Å². The Morgan fingerprint density at radius 2 is 1.84 bits per heavy atom. The summed E-state index contributed by atoms with van der Waals surface area (Å²) in [7, 11) is 0. The van der Waals surface area contributed by atoms with E-state index in [1.54, 1.807) is 6.07 Å². The SMILES string of the molecule is O=C(NC1CCC(c2ccc(Cl)c(Cl)c2)CC1)C1=C(O)C(=O)N(CCCC(F)(F)F)C1. The molecule has 1 heterocycles. The lowest BCUT2D eigenvalue weighted by molar-refractivity contribution is -0.139. The second kappa shape index (κ2) is 9.69. The fourth-order valence-electron chi connectivity index (χ4n) is 4.06. The van der Waals surface area contributed by atoms with Crippen LogP contribution in [0.4, 0.5) is 13.2 Å². The monoisotopic (exact) mass is 478 g/mol. The summed E-state index contributed by atoms with van der Waals surface area (Å²) in [6.45, 7) is -0.360. The predicted octanol–water partition coefficient (Wildman–Crippen LogP) is 5.13. The van der Waals surface area contributed by atoms with E-state index in [2.05, 4.69) is 5.32 Å². The van der Waals surface area contributed by atoms with Gasteiger partial charge in [0, 0.05) is 19.0 Å². The van der Waals surface area contributed by atoms with Gasteiger partial charge in [-0.15, -0.1) is 0 Å². The minimum atomic E-state index is -4.31. The fraction of sp³-hybridized carbons (Fsp3) is 0.524. The van der Waals surface area contributed by atoms with Gasteiger partial charge in [0.1, 0.15) is 0 Å². The first kappa shape index (κ1) is 23.7. The van der Waals surface area contributed by atoms with Crippen molar-refractivity contribution in [3.05, 3.63) is 45.1 Å². The topological polar surface area (TPSA) is 69.6 Å². The van der Waals surface area contributed by atoms with Crippen LogP contribution in [0.5, 0.6) is 0 Å². The quantitative estimate of drug-likeness (QED) is 0.595. The molecule has 1 aromatic carbocycles. The van der Waals surface area contributed by atoms with E-state index >= 15 is 0 Å². The maximum Gasteiger partial charge on any atom is 0.389 e. The lowest BCUT2D eigenvalue weighted by atomic mass is 9.81. The first-order valence-electron chi connectivity index (χ1n) is 10.1. The van der Waals surface area contributed by atoms with E-state index in [9.17, 15) is 27.9 Å². The largest absolute Gasteiger partial charge is 0.503 e. The summed E-state index contributed by atoms with van der Waals surface area (Å²) in [5.74, 6) is -1.75. The molecule has 1 saturated carbocycles. The van der Waals surface area contributed by atoms with Gasteiger partial charge in [-0.2, -0.15) is 13.2 Å². The number of amides is 2. The fourth-order valence-corrected chi connectivity index (χ4v) is 4.36. The number of aliphatic hydroxyl groups is 1. The molecule has 2 N–H and O–H groups in total. The van der Waals surface area contributed by atoms with Crippen LogP contribution in [0.2, 0.25) is 10.0 Å². The minimum absolute atomic E-state index is 0.0939. The molecule has 10 heteroatoms. The van der Waals surface area contributed by atoms with Crippen molar-refractivity contribution in [1.29, 1.82) is 0 Å². The molecule has 0 aromatic heterocycles. The highest BCUT2D eigenvalue weighted by Crippen LogP contribution is 2.35. The average molecular weight is 479 g/mol. The molecule has 0 radical (unpaired) electrons. The third-order valence-corrected chi connectivity index (χ3v) is 6.50. The van der Waals surface area contributed by atoms with Gasteiger partial charge in [0.25, 0.3) is 11.8 Å². The molecular weight excluding hydrogens is 456 g/mol. The zero-order chi connectivity index (χ0) is 22.8. The molecule has 170 valence electrons. The number of nitrogens with one attached hydrogen (secondary N) is 1. The zero-order valence-electron chi connectivity index (χ0n) is 16.6. The normalized spacial score (nSPS) is 22.2. The molecule has 0 saturated heterocycles. The van der Waals surface area contributed by atoms with Crippen molar-refractivity contribution in [3.63, 3.8) is 0 Å². The first-order chi connectivity index (χ1) is 14.5. The van der Waals surface area contributed by atoms with Gasteiger partial charge >= 0.3 is 6.18 Å². The van der Waals surface area contributed by atoms with Gasteiger partial charge in [-0.3, -0.25) is 9.59 Å². The summed E-state index contributed by atoms with van der Waals surface area (Å²) in [6.07, 6.45) is -2.53. The average Bonchev–Trinajstić information content (AvgIpc) is 2.98. The summed E-state index contributed by atoms with van der Waals surface area (Å²) >= 11 is 12.1. The molecule has 1 aromatic rings. The van der Waals surface area contributed by atoms with Crippen LogP contribution in [0.3, 0.4) is 0 Å². The van der Waals surface area contributed by atoms with Crippen LogP contribution in [-0.4, -0.2) is 47.1 Å². The zero-order valence-corrected chi connectivity index (χ0v) is 18.2. The number of hydrogen-bond acceptors (Lipinski definition) is 3. The van der Waals surface area contributed by atoms with Crippen molar-refractivity contribution < 1.29 is 27.9 Å². The Morgan fingerprint density at radius 3 is 2.45 bits per heavy atom. The van der Waals surface area contributed by atoms with Crippen LogP contribution in [0.25, 0.3) is 0 Å². The van der Waals surface area contributed by atoms with Crippen molar-refractivity contribution in [2.75, 3.05) is 13.1 Å². The predicted molar refractivity (Wildman–Crippen MR) is 111 cm³/mol. The second-order valence-corrected chi connectivity index (χ2v) is 8.78. The summed E-state index contributed by atoms with van der Waals surface area (Å²) in [5, 5.41) is 13.9. The molecule has 0 atom stereocenters. The van der Waals surface area contributed by atoms with Gasteiger partial charge in [-0.05, 0) is 55.7 Å². The van der Waals surface area contributed by atoms with Crippen molar-refractivity contribution in [1.82, 2.24) is 10.2 Å². The number of carbonyl (C=O) groups is 2. The van der Waals surface area contributed by atoms with Crippen molar-refractivity contribution in [3.8, 4) is 0 Å². The van der Waals surface area contributed by atoms with Crippen molar-refractivity contribution >= 4 is 35.0 Å². The number of nitrogens with zero attached hydrogens (tertiary/aromatic N) is 1. The molecule has 1 aliphatic carbocycles. The Labute approximate surface area is 188 Å². The van der Waals surface area contributed by atoms with Crippen LogP contribution in [-0.2, 0) is 9.59 Å². The van der Waals surface area contributed by atoms with E-state index in [1.165, 1.54) is 0 Å². The van der Waals surface area contributed by atoms with Crippen LogP contribution in [0, 0.1) is 0 Å². The Morgan fingerprint density at radius 1 is 1.16 bits per heavy atom. The smallest absolute Gasteiger partial charge is 0.389 e. The molecule has 2 aliphatic rings. The Hall–Kier alpha value is -1.93. The number of carbonyl (C=O) groups excluding carboxylic acids is 2. The molecule has 1 fully saturated rings. The Bertz CT molecular complexity index is 881. The molecule has 0 unspecified atom stereocenters. The highest BCUT2D eigenvalue weighted by molar-refractivity contribution is 6.42. The van der Waals surface area contributed by atoms with Crippen LogP contribution in [0.15, 0.2) is 29.5 Å². The maximum atomic E-state index is 12.6. The van der Waals surface area contributed by atoms with Crippen molar-refractivity contribution in [2.24, 2.45) is 0 Å². The molecular formula is C21H23Cl2F3N2O3. The maximum absolute atomic E-state index is 12.6. The van der Waals surface area contributed by atoms with Gasteiger partial charge in [0.05, 0.1) is 22.2 Å². The van der Waals surface area contributed by atoms with E-state index in [1.807, 2.05) is 12.1 Å². The van der Waals surface area contributed by atoms with Gasteiger partial charge in [0.2, 0.25) is 0 Å². The molecule has 0 spiro atoms. The standard InChI is InChI=1S/C21H23Cl2F3N2O3/c22-16-7-4-13(10-17(16)23)12-2-5-14(6-3-12)27-19(30)15-11-28(20(31)18(15)29)9-1-8-21(24,25)26/h4,7,10,12,14,29H,1-3,5-6,8-9,11H2,(H,27,30). The number of halogens is 5. The number of aliphatic hydroxyl groups excluding tert-OH is 1. The summed E-state index contributed by atoms with van der Waals surface area (Å²) in [4.78, 5) is 25.7. The summed E-state index contributed by atoms with van der Waals surface area (Å²) in [6, 6.07) is 5.45. The molecule has 31 heavy (non-hydrogen) atoms. The Kier molecular flexibility index (Phi) is 7.42. The first-order valence-corrected chi connectivity index (χ1v) is 10.8. The number of alkyl halides is 3. The van der Waals surface area contributed by atoms with Crippen LogP contribution in [0.1, 0.15) is 50.0 Å². The van der Waals surface area contributed by atoms with Gasteiger partial charge < -0.3 is 15.3 Å². The minimum Gasteiger partial charge on any atom is -0.503 e. The Balaban J connectivity index is 1.50. The number of benzene rings is 1. The third kappa shape index (κ3) is 6.07. The lowest BCUT2D eigenvalue weighted by Crippen LogP contribution is -2.39. The highest BCUT2D eigenvalue weighted by Gasteiger charge is 2.36. The van der Waals surface area contributed by atoms with Gasteiger partial charge in [0.15, 0.2) is 5.76 Å². The molecule has 2 amide bonds. The van der Waals surface area contributed by atoms with E-state index in [4.69, 9.17) is 23.2 Å². The van der Waals surface area contributed by atoms with E-state index in [0.29, 0.717) is 28.8 Å². The highest BCUT2D eigenvalue weighted by atomic mass is 35.5. The third-order valence-electron chi connectivity index (χ3n) is 5.76. The molecule has 3 rings (SSSR count). The molecule has 0 bridgehead atoms. The summed E-state index contributed by atoms with van der Waals surface area (Å²) < 4.78 is 36.9. The van der Waals surface area contributed by atoms with Crippen LogP contribution < -0.4 is 5.32 Å².